The third-order valence-electron chi connectivity index (χ3n) is 3.84. The molecule has 1 aromatic heterocycles. The Morgan fingerprint density at radius 1 is 1.14 bits per heavy atom. The summed E-state index contributed by atoms with van der Waals surface area (Å²) in [5, 5.41) is 17.7. The number of pyridine rings is 1. The van der Waals surface area contributed by atoms with Crippen LogP contribution in [0.15, 0.2) is 24.4 Å². The number of piperazine rings is 1. The van der Waals surface area contributed by atoms with Gasteiger partial charge in [-0.3, -0.25) is 14.8 Å². The van der Waals surface area contributed by atoms with Crippen LogP contribution >= 0.6 is 0 Å². The zero-order chi connectivity index (χ0) is 14.9. The summed E-state index contributed by atoms with van der Waals surface area (Å²) >= 11 is 0. The van der Waals surface area contributed by atoms with Gasteiger partial charge in [-0.25, -0.2) is 0 Å². The number of nitriles is 2. The van der Waals surface area contributed by atoms with Crippen molar-refractivity contribution in [3.8, 4) is 12.1 Å². The molecule has 0 bridgehead atoms. The average Bonchev–Trinajstić information content (AvgIpc) is 2.54. The van der Waals surface area contributed by atoms with Gasteiger partial charge in [0.1, 0.15) is 0 Å². The van der Waals surface area contributed by atoms with Crippen LogP contribution in [-0.2, 0) is 6.54 Å². The van der Waals surface area contributed by atoms with Gasteiger partial charge < -0.3 is 0 Å². The first-order valence-electron chi connectivity index (χ1n) is 7.43. The summed E-state index contributed by atoms with van der Waals surface area (Å²) in [6.45, 7) is 5.66. The molecular formula is C16H21N5. The van der Waals surface area contributed by atoms with Crippen LogP contribution in [0.2, 0.25) is 0 Å². The van der Waals surface area contributed by atoms with Crippen molar-refractivity contribution in [2.24, 2.45) is 5.92 Å². The number of nitrogens with zero attached hydrogens (tertiary/aromatic N) is 5. The molecule has 0 aromatic carbocycles. The fraction of sp³-hybridized carbons (Fsp3) is 0.562. The van der Waals surface area contributed by atoms with Crippen LogP contribution in [0.4, 0.5) is 0 Å². The van der Waals surface area contributed by atoms with Crippen LogP contribution in [0.1, 0.15) is 18.5 Å². The number of aromatic nitrogens is 1. The van der Waals surface area contributed by atoms with E-state index in [9.17, 15) is 0 Å². The maximum absolute atomic E-state index is 9.13. The van der Waals surface area contributed by atoms with Crippen LogP contribution in [0, 0.1) is 28.6 Å². The zero-order valence-electron chi connectivity index (χ0n) is 12.3. The summed E-state index contributed by atoms with van der Waals surface area (Å²) in [6, 6.07) is 10.4. The Kier molecular flexibility index (Phi) is 6.15. The minimum absolute atomic E-state index is 0.0213. The summed E-state index contributed by atoms with van der Waals surface area (Å²) in [4.78, 5) is 9.09. The van der Waals surface area contributed by atoms with E-state index in [1.54, 1.807) is 0 Å². The lowest BCUT2D eigenvalue weighted by Gasteiger charge is -2.35. The molecule has 1 aliphatic rings. The van der Waals surface area contributed by atoms with E-state index < -0.39 is 0 Å². The van der Waals surface area contributed by atoms with E-state index in [1.165, 1.54) is 0 Å². The summed E-state index contributed by atoms with van der Waals surface area (Å²) in [7, 11) is 0. The number of rotatable bonds is 6. The van der Waals surface area contributed by atoms with Crippen molar-refractivity contribution in [2.45, 2.75) is 19.4 Å². The standard InChI is InChI=1S/C16H21N5/c17-6-3-4-15(12-18)13-20-8-10-21(11-9-20)14-16-5-1-2-7-19-16/h1-2,5,7,15H,3-4,8-11,13-14H2/t15-/m1/s1. The molecule has 1 fully saturated rings. The molecule has 1 atom stereocenters. The molecule has 110 valence electrons. The minimum Gasteiger partial charge on any atom is -0.299 e. The van der Waals surface area contributed by atoms with Crippen molar-refractivity contribution in [1.29, 1.82) is 10.5 Å². The number of hydrogen-bond donors (Lipinski definition) is 0. The lowest BCUT2D eigenvalue weighted by molar-refractivity contribution is 0.117. The molecule has 1 saturated heterocycles. The van der Waals surface area contributed by atoms with E-state index in [0.29, 0.717) is 12.8 Å². The number of hydrogen-bond acceptors (Lipinski definition) is 5. The van der Waals surface area contributed by atoms with Crippen LogP contribution in [0.3, 0.4) is 0 Å². The lowest BCUT2D eigenvalue weighted by Crippen LogP contribution is -2.47. The van der Waals surface area contributed by atoms with E-state index in [4.69, 9.17) is 10.5 Å². The molecule has 1 aromatic rings. The van der Waals surface area contributed by atoms with Crippen molar-refractivity contribution in [1.82, 2.24) is 14.8 Å². The SMILES string of the molecule is N#CCC[C@H](C#N)CN1CCN(Cc2ccccn2)CC1. The molecular weight excluding hydrogens is 262 g/mol. The Hall–Kier alpha value is -1.95. The minimum atomic E-state index is -0.0213. The van der Waals surface area contributed by atoms with E-state index >= 15 is 0 Å². The van der Waals surface area contributed by atoms with Gasteiger partial charge in [-0.05, 0) is 18.6 Å². The van der Waals surface area contributed by atoms with E-state index in [0.717, 1.165) is 45.0 Å². The quantitative estimate of drug-likeness (QED) is 0.794. The Morgan fingerprint density at radius 2 is 1.90 bits per heavy atom. The second kappa shape index (κ2) is 8.36. The van der Waals surface area contributed by atoms with Gasteiger partial charge in [0, 0.05) is 51.9 Å². The van der Waals surface area contributed by atoms with Crippen molar-refractivity contribution in [2.75, 3.05) is 32.7 Å². The van der Waals surface area contributed by atoms with Gasteiger partial charge in [-0.2, -0.15) is 10.5 Å². The van der Waals surface area contributed by atoms with E-state index in [-0.39, 0.29) is 5.92 Å². The van der Waals surface area contributed by atoms with Crippen molar-refractivity contribution < 1.29 is 0 Å². The predicted molar refractivity (Wildman–Crippen MR) is 79.9 cm³/mol. The van der Waals surface area contributed by atoms with Gasteiger partial charge in [0.15, 0.2) is 0 Å². The van der Waals surface area contributed by atoms with Gasteiger partial charge in [0.05, 0.1) is 23.8 Å². The molecule has 21 heavy (non-hydrogen) atoms. The highest BCUT2D eigenvalue weighted by atomic mass is 15.3. The molecule has 0 aliphatic carbocycles. The van der Waals surface area contributed by atoms with Crippen molar-refractivity contribution in [3.05, 3.63) is 30.1 Å². The van der Waals surface area contributed by atoms with Gasteiger partial charge in [0.2, 0.25) is 0 Å². The van der Waals surface area contributed by atoms with Crippen molar-refractivity contribution >= 4 is 0 Å². The van der Waals surface area contributed by atoms with Crippen LogP contribution in [0.5, 0.6) is 0 Å². The van der Waals surface area contributed by atoms with Crippen LogP contribution in [-0.4, -0.2) is 47.5 Å². The topological polar surface area (TPSA) is 67.0 Å². The Labute approximate surface area is 126 Å². The molecule has 0 radical (unpaired) electrons. The fourth-order valence-electron chi connectivity index (χ4n) is 2.60. The Bertz CT molecular complexity index is 494. The monoisotopic (exact) mass is 283 g/mol. The molecule has 0 amide bonds. The molecule has 0 saturated carbocycles. The maximum Gasteiger partial charge on any atom is 0.0669 e. The average molecular weight is 283 g/mol. The van der Waals surface area contributed by atoms with Gasteiger partial charge in [0.25, 0.3) is 0 Å². The summed E-state index contributed by atoms with van der Waals surface area (Å²) in [5.74, 6) is -0.0213. The highest BCUT2D eigenvalue weighted by Crippen LogP contribution is 2.11. The summed E-state index contributed by atoms with van der Waals surface area (Å²) in [5.41, 5.74) is 1.11. The van der Waals surface area contributed by atoms with Gasteiger partial charge in [-0.15, -0.1) is 0 Å². The second-order valence-corrected chi connectivity index (χ2v) is 5.42. The van der Waals surface area contributed by atoms with Gasteiger partial charge >= 0.3 is 0 Å². The molecule has 2 rings (SSSR count). The smallest absolute Gasteiger partial charge is 0.0669 e. The zero-order valence-corrected chi connectivity index (χ0v) is 12.3. The first-order chi connectivity index (χ1) is 10.3. The fourth-order valence-corrected chi connectivity index (χ4v) is 2.60. The first-order valence-corrected chi connectivity index (χ1v) is 7.43. The largest absolute Gasteiger partial charge is 0.299 e. The Balaban J connectivity index is 1.73. The highest BCUT2D eigenvalue weighted by Gasteiger charge is 2.20. The van der Waals surface area contributed by atoms with Crippen LogP contribution < -0.4 is 0 Å². The molecule has 0 spiro atoms. The third-order valence-corrected chi connectivity index (χ3v) is 3.84. The third kappa shape index (κ3) is 5.15. The highest BCUT2D eigenvalue weighted by molar-refractivity contribution is 5.03. The summed E-state index contributed by atoms with van der Waals surface area (Å²) in [6.07, 6.45) is 2.98. The van der Waals surface area contributed by atoms with Crippen LogP contribution in [0.25, 0.3) is 0 Å². The Morgan fingerprint density at radius 3 is 2.52 bits per heavy atom. The molecule has 0 N–H and O–H groups in total. The lowest BCUT2D eigenvalue weighted by atomic mass is 10.0. The summed E-state index contributed by atoms with van der Waals surface area (Å²) < 4.78 is 0. The molecule has 5 nitrogen and oxygen atoms in total. The van der Waals surface area contributed by atoms with Crippen molar-refractivity contribution in [3.63, 3.8) is 0 Å². The molecule has 0 unspecified atom stereocenters. The maximum atomic E-state index is 9.13. The van der Waals surface area contributed by atoms with E-state index in [2.05, 4.69) is 33.0 Å². The normalized spacial score (nSPS) is 17.8. The van der Waals surface area contributed by atoms with E-state index in [1.807, 2.05) is 18.3 Å². The molecule has 2 heterocycles. The molecule has 1 aliphatic heterocycles. The van der Waals surface area contributed by atoms with Gasteiger partial charge in [-0.1, -0.05) is 6.07 Å². The first kappa shape index (κ1) is 15.4. The predicted octanol–water partition coefficient (Wildman–Crippen LogP) is 1.64. The molecule has 5 heteroatoms. The second-order valence-electron chi connectivity index (χ2n) is 5.42.